The Kier molecular flexibility index (Phi) is 4.38. The molecule has 22 heavy (non-hydrogen) atoms. The molecule has 1 heterocycles. The van der Waals surface area contributed by atoms with Gasteiger partial charge in [0.25, 0.3) is 5.91 Å². The highest BCUT2D eigenvalue weighted by Crippen LogP contribution is 2.22. The lowest BCUT2D eigenvalue weighted by atomic mass is 9.96. The Hall–Kier alpha value is -1.95. The molecule has 6 heteroatoms. The number of hydrazone groups is 1. The predicted molar refractivity (Wildman–Crippen MR) is 89.0 cm³/mol. The van der Waals surface area contributed by atoms with E-state index in [2.05, 4.69) is 36.7 Å². The summed E-state index contributed by atoms with van der Waals surface area (Å²) in [6, 6.07) is 7.79. The SMILES string of the molecule is C/C(=N/NC(=O)c1n[nH]c2c1CCCC2)c1ccc(Br)cc1. The van der Waals surface area contributed by atoms with Gasteiger partial charge < -0.3 is 0 Å². The van der Waals surface area contributed by atoms with E-state index in [9.17, 15) is 4.79 Å². The number of rotatable bonds is 3. The molecule has 0 saturated carbocycles. The first-order valence-electron chi connectivity index (χ1n) is 7.32. The third kappa shape index (κ3) is 3.11. The van der Waals surface area contributed by atoms with Gasteiger partial charge in [-0.05, 0) is 50.3 Å². The average molecular weight is 361 g/mol. The Morgan fingerprint density at radius 1 is 1.27 bits per heavy atom. The van der Waals surface area contributed by atoms with Gasteiger partial charge in [0.05, 0.1) is 5.71 Å². The standard InChI is InChI=1S/C16H17BrN4O/c1-10(11-6-8-12(17)9-7-11)18-21-16(22)15-13-4-2-3-5-14(13)19-20-15/h6-9H,2-5H2,1H3,(H,19,20)(H,21,22)/b18-10-. The van der Waals surface area contributed by atoms with Crippen LogP contribution in [-0.4, -0.2) is 21.8 Å². The van der Waals surface area contributed by atoms with Gasteiger partial charge in [-0.1, -0.05) is 28.1 Å². The van der Waals surface area contributed by atoms with E-state index in [-0.39, 0.29) is 5.91 Å². The maximum Gasteiger partial charge on any atom is 0.292 e. The van der Waals surface area contributed by atoms with Crippen molar-refractivity contribution in [3.05, 3.63) is 51.3 Å². The number of carbonyl (C=O) groups excluding carboxylic acids is 1. The minimum Gasteiger partial charge on any atom is -0.281 e. The normalized spacial score (nSPS) is 14.5. The second-order valence-electron chi connectivity index (χ2n) is 5.38. The molecule has 0 saturated heterocycles. The zero-order valence-corrected chi connectivity index (χ0v) is 13.9. The van der Waals surface area contributed by atoms with Crippen LogP contribution in [0.15, 0.2) is 33.8 Å². The number of halogens is 1. The van der Waals surface area contributed by atoms with Crippen LogP contribution in [-0.2, 0) is 12.8 Å². The first-order chi connectivity index (χ1) is 10.6. The number of hydrogen-bond acceptors (Lipinski definition) is 3. The Morgan fingerprint density at radius 2 is 2.00 bits per heavy atom. The Labute approximate surface area is 137 Å². The molecule has 1 aliphatic carbocycles. The molecule has 0 aliphatic heterocycles. The zero-order valence-electron chi connectivity index (χ0n) is 12.3. The van der Waals surface area contributed by atoms with Crippen LogP contribution in [0.2, 0.25) is 0 Å². The van der Waals surface area contributed by atoms with Crippen molar-refractivity contribution in [1.29, 1.82) is 0 Å². The lowest BCUT2D eigenvalue weighted by Crippen LogP contribution is -2.21. The molecule has 0 spiro atoms. The fraction of sp³-hybridized carbons (Fsp3) is 0.312. The molecule has 1 amide bonds. The smallest absolute Gasteiger partial charge is 0.281 e. The summed E-state index contributed by atoms with van der Waals surface area (Å²) in [6.07, 6.45) is 4.13. The van der Waals surface area contributed by atoms with Crippen LogP contribution >= 0.6 is 15.9 Å². The minimum atomic E-state index is -0.254. The van der Waals surface area contributed by atoms with Crippen LogP contribution in [0.25, 0.3) is 0 Å². The number of fused-ring (bicyclic) bond motifs is 1. The topological polar surface area (TPSA) is 70.1 Å². The molecule has 0 unspecified atom stereocenters. The van der Waals surface area contributed by atoms with E-state index < -0.39 is 0 Å². The van der Waals surface area contributed by atoms with Gasteiger partial charge in [-0.15, -0.1) is 0 Å². The van der Waals surface area contributed by atoms with Gasteiger partial charge in [0.1, 0.15) is 0 Å². The molecule has 0 radical (unpaired) electrons. The van der Waals surface area contributed by atoms with E-state index in [1.165, 1.54) is 0 Å². The summed E-state index contributed by atoms with van der Waals surface area (Å²) in [7, 11) is 0. The first-order valence-corrected chi connectivity index (χ1v) is 8.11. The number of hydrogen-bond donors (Lipinski definition) is 2. The van der Waals surface area contributed by atoms with Crippen LogP contribution in [0, 0.1) is 0 Å². The van der Waals surface area contributed by atoms with E-state index >= 15 is 0 Å². The molecule has 1 aromatic heterocycles. The van der Waals surface area contributed by atoms with Gasteiger partial charge in [0, 0.05) is 15.7 Å². The largest absolute Gasteiger partial charge is 0.292 e. The number of H-pyrrole nitrogens is 1. The number of aromatic nitrogens is 2. The van der Waals surface area contributed by atoms with Gasteiger partial charge in [0.15, 0.2) is 5.69 Å². The van der Waals surface area contributed by atoms with Gasteiger partial charge in [-0.3, -0.25) is 9.89 Å². The summed E-state index contributed by atoms with van der Waals surface area (Å²) in [5.41, 5.74) is 6.93. The molecule has 3 rings (SSSR count). The van der Waals surface area contributed by atoms with Gasteiger partial charge in [0.2, 0.25) is 0 Å². The molecular formula is C16H17BrN4O. The number of amides is 1. The van der Waals surface area contributed by atoms with Gasteiger partial charge in [-0.2, -0.15) is 10.2 Å². The van der Waals surface area contributed by atoms with Crippen LogP contribution < -0.4 is 5.43 Å². The first kappa shape index (κ1) is 15.0. The summed E-state index contributed by atoms with van der Waals surface area (Å²) in [4.78, 5) is 12.3. The summed E-state index contributed by atoms with van der Waals surface area (Å²) in [5, 5.41) is 11.3. The molecule has 0 atom stereocenters. The lowest BCUT2D eigenvalue weighted by Gasteiger charge is -2.10. The zero-order chi connectivity index (χ0) is 15.5. The highest BCUT2D eigenvalue weighted by atomic mass is 79.9. The van der Waals surface area contributed by atoms with E-state index in [1.807, 2.05) is 31.2 Å². The predicted octanol–water partition coefficient (Wildman–Crippen LogP) is 3.21. The quantitative estimate of drug-likeness (QED) is 0.651. The van der Waals surface area contributed by atoms with Crippen molar-refractivity contribution >= 4 is 27.5 Å². The molecular weight excluding hydrogens is 344 g/mol. The summed E-state index contributed by atoms with van der Waals surface area (Å²) in [6.45, 7) is 1.86. The number of carbonyl (C=O) groups is 1. The van der Waals surface area contributed by atoms with Crippen molar-refractivity contribution in [3.8, 4) is 0 Å². The van der Waals surface area contributed by atoms with Crippen molar-refractivity contribution in [2.45, 2.75) is 32.6 Å². The van der Waals surface area contributed by atoms with Crippen LogP contribution in [0.4, 0.5) is 0 Å². The molecule has 0 bridgehead atoms. The fourth-order valence-corrected chi connectivity index (χ4v) is 2.88. The maximum absolute atomic E-state index is 12.3. The van der Waals surface area contributed by atoms with Crippen LogP contribution in [0.5, 0.6) is 0 Å². The number of nitrogens with zero attached hydrogens (tertiary/aromatic N) is 2. The van der Waals surface area contributed by atoms with Gasteiger partial charge in [-0.25, -0.2) is 5.43 Å². The minimum absolute atomic E-state index is 0.254. The van der Waals surface area contributed by atoms with Crippen molar-refractivity contribution in [2.75, 3.05) is 0 Å². The summed E-state index contributed by atoms with van der Waals surface area (Å²) >= 11 is 3.40. The van der Waals surface area contributed by atoms with Crippen molar-refractivity contribution < 1.29 is 4.79 Å². The van der Waals surface area contributed by atoms with Crippen LogP contribution in [0.3, 0.4) is 0 Å². The maximum atomic E-state index is 12.3. The van der Waals surface area contributed by atoms with E-state index in [4.69, 9.17) is 0 Å². The highest BCUT2D eigenvalue weighted by Gasteiger charge is 2.21. The summed E-state index contributed by atoms with van der Waals surface area (Å²) < 4.78 is 1.01. The third-order valence-electron chi connectivity index (χ3n) is 3.86. The Morgan fingerprint density at radius 3 is 2.77 bits per heavy atom. The number of nitrogens with one attached hydrogen (secondary N) is 2. The second-order valence-corrected chi connectivity index (χ2v) is 6.30. The highest BCUT2D eigenvalue weighted by molar-refractivity contribution is 9.10. The number of benzene rings is 1. The van der Waals surface area contributed by atoms with E-state index in [0.717, 1.165) is 52.7 Å². The molecule has 1 aromatic carbocycles. The Balaban J connectivity index is 1.73. The second kappa shape index (κ2) is 6.44. The average Bonchev–Trinajstić information content (AvgIpc) is 2.97. The van der Waals surface area contributed by atoms with Crippen molar-refractivity contribution in [2.24, 2.45) is 5.10 Å². The monoisotopic (exact) mass is 360 g/mol. The number of aryl methyl sites for hydroxylation is 1. The van der Waals surface area contributed by atoms with Crippen LogP contribution in [0.1, 0.15) is 47.1 Å². The van der Waals surface area contributed by atoms with E-state index in [0.29, 0.717) is 5.69 Å². The molecule has 5 nitrogen and oxygen atoms in total. The lowest BCUT2D eigenvalue weighted by molar-refractivity contribution is 0.0949. The Bertz CT molecular complexity index is 718. The molecule has 2 N–H and O–H groups in total. The fourth-order valence-electron chi connectivity index (χ4n) is 2.61. The van der Waals surface area contributed by atoms with E-state index in [1.54, 1.807) is 0 Å². The number of aromatic amines is 1. The third-order valence-corrected chi connectivity index (χ3v) is 4.39. The molecule has 1 aliphatic rings. The molecule has 114 valence electrons. The molecule has 0 fully saturated rings. The van der Waals surface area contributed by atoms with Gasteiger partial charge >= 0.3 is 0 Å². The summed E-state index contributed by atoms with van der Waals surface area (Å²) in [5.74, 6) is -0.254. The van der Waals surface area contributed by atoms with Crippen molar-refractivity contribution in [3.63, 3.8) is 0 Å². The molecule has 2 aromatic rings. The van der Waals surface area contributed by atoms with Crippen molar-refractivity contribution in [1.82, 2.24) is 15.6 Å².